The lowest BCUT2D eigenvalue weighted by molar-refractivity contribution is -0.216. The maximum Gasteiger partial charge on any atom is 0.472 e. The van der Waals surface area contributed by atoms with Gasteiger partial charge in [-0.05, 0) is 38.5 Å². The Kier molecular flexibility index (Phi) is 35.8. The van der Waals surface area contributed by atoms with E-state index in [4.69, 9.17) is 18.5 Å². The van der Waals surface area contributed by atoms with Gasteiger partial charge in [-0.25, -0.2) is 9.13 Å². The highest BCUT2D eigenvalue weighted by Crippen LogP contribution is 2.49. The molecule has 0 bridgehead atoms. The Morgan fingerprint density at radius 2 is 1.05 bits per heavy atom. The van der Waals surface area contributed by atoms with E-state index in [0.717, 1.165) is 64.2 Å². The number of aliphatic hydroxyl groups is 5. The van der Waals surface area contributed by atoms with E-state index in [1.807, 2.05) is 37.3 Å². The fraction of sp³-hybridized carbons (Fsp3) is 0.830. The molecule has 1 aliphatic rings. The first kappa shape index (κ1) is 62.2. The summed E-state index contributed by atoms with van der Waals surface area (Å²) in [5.74, 6) is -1.25. The molecule has 1 saturated carbocycles. The quantitative estimate of drug-likeness (QED) is 0.00937. The molecule has 0 amide bonds. The Labute approximate surface area is 394 Å². The Balaban J connectivity index is 2.59. The van der Waals surface area contributed by atoms with Gasteiger partial charge in [-0.3, -0.25) is 23.2 Å². The first-order chi connectivity index (χ1) is 31.5. The van der Waals surface area contributed by atoms with E-state index < -0.39 is 89.6 Å². The maximum atomic E-state index is 13.0. The van der Waals surface area contributed by atoms with Gasteiger partial charge >= 0.3 is 27.6 Å². The number of carbonyl (C=O) groups is 2. The van der Waals surface area contributed by atoms with E-state index in [2.05, 4.69) is 11.4 Å². The summed E-state index contributed by atoms with van der Waals surface area (Å²) >= 11 is 0. The molecule has 66 heavy (non-hydrogen) atoms. The topological polar surface area (TPSA) is 276 Å². The van der Waals surface area contributed by atoms with Crippen molar-refractivity contribution < 1.29 is 82.0 Å². The highest BCUT2D eigenvalue weighted by molar-refractivity contribution is 7.47. The third-order valence-corrected chi connectivity index (χ3v) is 12.8. The van der Waals surface area contributed by atoms with Crippen LogP contribution in [0.15, 0.2) is 36.5 Å². The Hall–Kier alpha value is -1.82. The fourth-order valence-electron chi connectivity index (χ4n) is 7.47. The van der Waals surface area contributed by atoms with E-state index in [9.17, 15) is 58.9 Å². The lowest BCUT2D eigenvalue weighted by Crippen LogP contribution is -2.64. The summed E-state index contributed by atoms with van der Waals surface area (Å²) in [4.78, 5) is 54.3. The minimum atomic E-state index is -5.37. The van der Waals surface area contributed by atoms with Gasteiger partial charge in [0.25, 0.3) is 0 Å². The van der Waals surface area contributed by atoms with Crippen molar-refractivity contribution in [2.45, 2.75) is 236 Å². The summed E-state index contributed by atoms with van der Waals surface area (Å²) in [6.07, 6.45) is 22.8. The van der Waals surface area contributed by atoms with E-state index >= 15 is 0 Å². The number of hydrogen-bond donors (Lipinski definition) is 8. The minimum Gasteiger partial charge on any atom is -0.462 e. The van der Waals surface area contributed by atoms with Crippen LogP contribution in [0.25, 0.3) is 0 Å². The zero-order valence-electron chi connectivity index (χ0n) is 39.7. The summed E-state index contributed by atoms with van der Waals surface area (Å²) in [7, 11) is -10.7. The predicted octanol–water partition coefficient (Wildman–Crippen LogP) is 8.48. The maximum absolute atomic E-state index is 13.0. The number of carbonyl (C=O) groups excluding carboxylic acids is 2. The zero-order chi connectivity index (χ0) is 49.1. The molecular formula is C47H86O17P2. The molecule has 386 valence electrons. The third kappa shape index (κ3) is 32.1. The summed E-state index contributed by atoms with van der Waals surface area (Å²) in [6.45, 7) is 2.90. The second-order valence-electron chi connectivity index (χ2n) is 17.4. The van der Waals surface area contributed by atoms with Gasteiger partial charge in [-0.1, -0.05) is 172 Å². The van der Waals surface area contributed by atoms with Crippen molar-refractivity contribution in [3.63, 3.8) is 0 Å². The van der Waals surface area contributed by atoms with Gasteiger partial charge in [0.2, 0.25) is 0 Å². The Morgan fingerprint density at radius 1 is 0.561 bits per heavy atom. The first-order valence-corrected chi connectivity index (χ1v) is 27.7. The largest absolute Gasteiger partial charge is 0.472 e. The highest BCUT2D eigenvalue weighted by Gasteiger charge is 2.54. The zero-order valence-corrected chi connectivity index (χ0v) is 41.5. The van der Waals surface area contributed by atoms with Crippen molar-refractivity contribution >= 4 is 27.6 Å². The molecule has 0 aromatic rings. The van der Waals surface area contributed by atoms with Crippen molar-refractivity contribution in [1.29, 1.82) is 0 Å². The molecule has 9 atom stereocenters. The van der Waals surface area contributed by atoms with Crippen LogP contribution in [0, 0.1) is 0 Å². The highest BCUT2D eigenvalue weighted by atomic mass is 31.2. The average Bonchev–Trinajstić information content (AvgIpc) is 3.26. The minimum absolute atomic E-state index is 0.0323. The molecule has 0 aliphatic heterocycles. The molecular weight excluding hydrogens is 898 g/mol. The molecule has 8 N–H and O–H groups in total. The van der Waals surface area contributed by atoms with Crippen molar-refractivity contribution in [3.05, 3.63) is 36.5 Å². The summed E-state index contributed by atoms with van der Waals surface area (Å²) in [6, 6.07) is 0. The number of rotatable bonds is 41. The molecule has 0 heterocycles. The van der Waals surface area contributed by atoms with Crippen LogP contribution in [0.5, 0.6) is 0 Å². The van der Waals surface area contributed by atoms with Gasteiger partial charge in [-0.15, -0.1) is 0 Å². The van der Waals surface area contributed by atoms with Crippen LogP contribution in [0.3, 0.4) is 0 Å². The summed E-state index contributed by atoms with van der Waals surface area (Å²) < 4.78 is 49.4. The van der Waals surface area contributed by atoms with Gasteiger partial charge in [0.15, 0.2) is 6.10 Å². The van der Waals surface area contributed by atoms with Crippen LogP contribution >= 0.6 is 15.6 Å². The number of aliphatic hydroxyl groups excluding tert-OH is 5. The van der Waals surface area contributed by atoms with Crippen LogP contribution in [-0.4, -0.2) is 114 Å². The number of unbranched alkanes of at least 4 members (excludes halogenated alkanes) is 21. The van der Waals surface area contributed by atoms with Crippen LogP contribution in [0.1, 0.15) is 187 Å². The molecule has 1 fully saturated rings. The van der Waals surface area contributed by atoms with E-state index in [-0.39, 0.29) is 12.8 Å². The van der Waals surface area contributed by atoms with Crippen LogP contribution in [0.2, 0.25) is 0 Å². The number of phosphoric acid groups is 2. The lowest BCUT2D eigenvalue weighted by atomic mass is 9.85. The van der Waals surface area contributed by atoms with Crippen LogP contribution < -0.4 is 0 Å². The SMILES string of the molecule is CC/C=C/CC(O)/C=C/C=C/CCCCCCCC(=O)OC[C@H](COP(=O)(O)O[C@H]1C(O)C(O)C(O)[C@@H](OP(=O)(O)O)C1O)OC(=O)CCCCCCCCCCCCCCCCCCC. The van der Waals surface area contributed by atoms with Gasteiger partial charge < -0.3 is 49.7 Å². The fourth-order valence-corrected chi connectivity index (χ4v) is 9.01. The van der Waals surface area contributed by atoms with Crippen molar-refractivity contribution in [2.24, 2.45) is 0 Å². The smallest absolute Gasteiger partial charge is 0.462 e. The number of allylic oxidation sites excluding steroid dienone is 4. The second kappa shape index (κ2) is 38.0. The van der Waals surface area contributed by atoms with Crippen molar-refractivity contribution in [3.8, 4) is 0 Å². The number of hydrogen-bond acceptors (Lipinski definition) is 14. The molecule has 0 aromatic carbocycles. The standard InChI is InChI=1S/C47H86O17P2/c1-3-5-7-8-9-10-11-12-13-14-15-16-17-20-24-27-31-35-41(50)62-39(36-60-40(49)34-30-26-23-21-18-19-22-25-29-33-38(48)32-28-6-4-2)37-61-66(58,59)64-47-44(53)42(51)43(52)46(45(47)54)63-65(55,56)57/h6,22,25,28-29,33,38-39,42-48,51-54H,3-5,7-21,23-24,26-27,30-32,34-37H2,1-2H3,(H,58,59)(H2,55,56,57)/b25-22+,28-6+,33-29+/t38?,39-,42?,43?,44?,45?,46-,47+/m1/s1. The van der Waals surface area contributed by atoms with E-state index in [1.54, 1.807) is 6.08 Å². The normalized spacial score (nSPS) is 22.3. The number of esters is 2. The second-order valence-corrected chi connectivity index (χ2v) is 20.0. The lowest BCUT2D eigenvalue weighted by Gasteiger charge is -2.43. The molecule has 0 aromatic heterocycles. The van der Waals surface area contributed by atoms with E-state index in [0.29, 0.717) is 19.3 Å². The van der Waals surface area contributed by atoms with Crippen molar-refractivity contribution in [2.75, 3.05) is 13.2 Å². The van der Waals surface area contributed by atoms with Crippen molar-refractivity contribution in [1.82, 2.24) is 0 Å². The molecule has 6 unspecified atom stereocenters. The predicted molar refractivity (Wildman–Crippen MR) is 252 cm³/mol. The van der Waals surface area contributed by atoms with Gasteiger partial charge in [-0.2, -0.15) is 0 Å². The average molecular weight is 985 g/mol. The molecule has 0 spiro atoms. The molecule has 1 aliphatic carbocycles. The van der Waals surface area contributed by atoms with Crippen LogP contribution in [0.4, 0.5) is 0 Å². The third-order valence-electron chi connectivity index (χ3n) is 11.3. The molecule has 0 saturated heterocycles. The summed E-state index contributed by atoms with van der Waals surface area (Å²) in [5.41, 5.74) is 0. The summed E-state index contributed by atoms with van der Waals surface area (Å²) in [5, 5.41) is 51.2. The Bertz CT molecular complexity index is 1440. The van der Waals surface area contributed by atoms with Gasteiger partial charge in [0.1, 0.15) is 43.2 Å². The molecule has 19 heteroatoms. The van der Waals surface area contributed by atoms with E-state index in [1.165, 1.54) is 77.0 Å². The number of phosphoric ester groups is 2. The van der Waals surface area contributed by atoms with Crippen LogP contribution in [-0.2, 0) is 41.8 Å². The first-order valence-electron chi connectivity index (χ1n) is 24.6. The monoisotopic (exact) mass is 985 g/mol. The van der Waals surface area contributed by atoms with Gasteiger partial charge in [0.05, 0.1) is 12.7 Å². The van der Waals surface area contributed by atoms with Gasteiger partial charge in [0, 0.05) is 12.8 Å². The Morgan fingerprint density at radius 3 is 1.56 bits per heavy atom. The number of ether oxygens (including phenoxy) is 2. The molecule has 17 nitrogen and oxygen atoms in total. The molecule has 0 radical (unpaired) electrons. The molecule has 1 rings (SSSR count).